The van der Waals surface area contributed by atoms with Crippen LogP contribution in [0.2, 0.25) is 0 Å². The molecule has 1 rings (SSSR count). The molecule has 0 saturated heterocycles. The van der Waals surface area contributed by atoms with E-state index in [0.717, 1.165) is 32.4 Å². The van der Waals surface area contributed by atoms with Crippen molar-refractivity contribution < 1.29 is 37.0 Å². The third-order valence-electron chi connectivity index (χ3n) is 3.13. The monoisotopic (exact) mass is 347 g/mol. The lowest BCUT2D eigenvalue weighted by Gasteiger charge is -2.18. The summed E-state index contributed by atoms with van der Waals surface area (Å²) in [5, 5.41) is 2.15. The highest BCUT2D eigenvalue weighted by atomic mass is 19.4. The van der Waals surface area contributed by atoms with E-state index in [1.54, 1.807) is 0 Å². The number of hydrogen-bond donors (Lipinski definition) is 1. The molecular weight excluding hydrogens is 331 g/mol. The molecule has 0 aliphatic heterocycles. The Kier molecular flexibility index (Phi) is 6.75. The second kappa shape index (κ2) is 8.32. The molecule has 6 nitrogen and oxygen atoms in total. The first-order chi connectivity index (χ1) is 11.2. The number of amides is 1. The topological polar surface area (TPSA) is 81.7 Å². The van der Waals surface area contributed by atoms with E-state index in [0.29, 0.717) is 0 Å². The van der Waals surface area contributed by atoms with Gasteiger partial charge in [0.1, 0.15) is 6.04 Å². The van der Waals surface area contributed by atoms with Crippen LogP contribution in [0, 0.1) is 0 Å². The van der Waals surface area contributed by atoms with Crippen molar-refractivity contribution in [3.05, 3.63) is 35.4 Å². The van der Waals surface area contributed by atoms with E-state index in [2.05, 4.69) is 14.8 Å². The molecule has 0 fully saturated rings. The smallest absolute Gasteiger partial charge is 0.417 e. The van der Waals surface area contributed by atoms with Crippen LogP contribution in [-0.2, 0) is 25.2 Å². The van der Waals surface area contributed by atoms with Crippen LogP contribution in [0.15, 0.2) is 24.3 Å². The Bertz CT molecular complexity index is 615. The maximum atomic E-state index is 12.9. The third-order valence-corrected chi connectivity index (χ3v) is 3.13. The number of esters is 2. The molecule has 0 heterocycles. The summed E-state index contributed by atoms with van der Waals surface area (Å²) in [4.78, 5) is 34.9. The number of alkyl halides is 3. The predicted octanol–water partition coefficient (Wildman–Crippen LogP) is 1.93. The number of halogens is 3. The van der Waals surface area contributed by atoms with Gasteiger partial charge in [0.2, 0.25) is 0 Å². The second-order valence-corrected chi connectivity index (χ2v) is 4.71. The van der Waals surface area contributed by atoms with Crippen LogP contribution in [0.4, 0.5) is 13.2 Å². The Morgan fingerprint density at radius 3 is 2.29 bits per heavy atom. The summed E-state index contributed by atoms with van der Waals surface area (Å²) in [5.41, 5.74) is -1.75. The van der Waals surface area contributed by atoms with Gasteiger partial charge in [-0.2, -0.15) is 13.2 Å². The fourth-order valence-corrected chi connectivity index (χ4v) is 1.92. The van der Waals surface area contributed by atoms with Gasteiger partial charge < -0.3 is 14.8 Å². The third kappa shape index (κ3) is 5.25. The highest BCUT2D eigenvalue weighted by molar-refractivity contribution is 5.98. The molecule has 1 amide bonds. The van der Waals surface area contributed by atoms with Gasteiger partial charge in [0.15, 0.2) is 0 Å². The number of methoxy groups -OCH3 is 2. The van der Waals surface area contributed by atoms with E-state index in [1.165, 1.54) is 6.07 Å². The number of ether oxygens (including phenoxy) is 2. The molecule has 132 valence electrons. The molecule has 24 heavy (non-hydrogen) atoms. The summed E-state index contributed by atoms with van der Waals surface area (Å²) in [5.74, 6) is -2.60. The van der Waals surface area contributed by atoms with Crippen LogP contribution in [-0.4, -0.2) is 38.1 Å². The minimum atomic E-state index is -4.72. The van der Waals surface area contributed by atoms with Gasteiger partial charge in [-0.3, -0.25) is 9.59 Å². The molecule has 1 N–H and O–H groups in total. The molecule has 0 spiro atoms. The number of carbonyl (C=O) groups is 3. The molecule has 0 unspecified atom stereocenters. The minimum absolute atomic E-state index is 0.167. The second-order valence-electron chi connectivity index (χ2n) is 4.71. The van der Waals surface area contributed by atoms with Crippen molar-refractivity contribution in [1.29, 1.82) is 0 Å². The SMILES string of the molecule is COC(=O)CC[C@H](NC(=O)c1ccccc1C(F)(F)F)C(=O)OC. The maximum Gasteiger partial charge on any atom is 0.417 e. The lowest BCUT2D eigenvalue weighted by atomic mass is 10.1. The minimum Gasteiger partial charge on any atom is -0.469 e. The fourth-order valence-electron chi connectivity index (χ4n) is 1.92. The lowest BCUT2D eigenvalue weighted by Crippen LogP contribution is -2.42. The maximum absolute atomic E-state index is 12.9. The number of hydrogen-bond acceptors (Lipinski definition) is 5. The number of nitrogens with one attached hydrogen (secondary N) is 1. The molecule has 1 atom stereocenters. The van der Waals surface area contributed by atoms with Crippen LogP contribution in [0.3, 0.4) is 0 Å². The average molecular weight is 347 g/mol. The average Bonchev–Trinajstić information content (AvgIpc) is 2.56. The van der Waals surface area contributed by atoms with Gasteiger partial charge in [0.25, 0.3) is 5.91 Å². The first-order valence-electron chi connectivity index (χ1n) is 6.82. The Balaban J connectivity index is 2.97. The van der Waals surface area contributed by atoms with E-state index < -0.39 is 41.2 Å². The Labute approximate surface area is 135 Å². The van der Waals surface area contributed by atoms with Gasteiger partial charge in [-0.25, -0.2) is 4.79 Å². The summed E-state index contributed by atoms with van der Waals surface area (Å²) in [6, 6.07) is 2.90. The Morgan fingerprint density at radius 2 is 1.75 bits per heavy atom. The highest BCUT2D eigenvalue weighted by Gasteiger charge is 2.35. The largest absolute Gasteiger partial charge is 0.469 e. The summed E-state index contributed by atoms with van der Waals surface area (Å²) in [7, 11) is 2.21. The van der Waals surface area contributed by atoms with Crippen LogP contribution in [0.1, 0.15) is 28.8 Å². The van der Waals surface area contributed by atoms with Gasteiger partial charge in [0, 0.05) is 6.42 Å². The molecule has 1 aromatic rings. The molecule has 9 heteroatoms. The Morgan fingerprint density at radius 1 is 1.12 bits per heavy atom. The molecule has 0 aliphatic carbocycles. The van der Waals surface area contributed by atoms with Gasteiger partial charge in [-0.05, 0) is 18.6 Å². The van der Waals surface area contributed by atoms with Gasteiger partial charge in [-0.15, -0.1) is 0 Å². The number of carbonyl (C=O) groups excluding carboxylic acids is 3. The fraction of sp³-hybridized carbons (Fsp3) is 0.400. The molecule has 0 saturated carbocycles. The van der Waals surface area contributed by atoms with Crippen LogP contribution in [0.25, 0.3) is 0 Å². The number of rotatable bonds is 6. The van der Waals surface area contributed by atoms with Crippen molar-refractivity contribution in [3.8, 4) is 0 Å². The molecule has 0 radical (unpaired) electrons. The van der Waals surface area contributed by atoms with Crippen molar-refractivity contribution >= 4 is 17.8 Å². The van der Waals surface area contributed by atoms with Crippen molar-refractivity contribution in [3.63, 3.8) is 0 Å². The molecule has 0 bridgehead atoms. The van der Waals surface area contributed by atoms with E-state index in [9.17, 15) is 27.6 Å². The first-order valence-corrected chi connectivity index (χ1v) is 6.82. The van der Waals surface area contributed by atoms with E-state index >= 15 is 0 Å². The molecular formula is C15H16F3NO5. The standard InChI is InChI=1S/C15H16F3NO5/c1-23-12(20)8-7-11(14(22)24-2)19-13(21)9-5-3-4-6-10(9)15(16,17)18/h3-6,11H,7-8H2,1-2H3,(H,19,21)/t11-/m0/s1. The normalized spacial score (nSPS) is 12.2. The zero-order valence-electron chi connectivity index (χ0n) is 13.0. The first kappa shape index (κ1) is 19.5. The molecule has 0 aromatic heterocycles. The van der Waals surface area contributed by atoms with Gasteiger partial charge in [-0.1, -0.05) is 12.1 Å². The van der Waals surface area contributed by atoms with Crippen LogP contribution >= 0.6 is 0 Å². The molecule has 0 aliphatic rings. The summed E-state index contributed by atoms with van der Waals surface area (Å²) < 4.78 is 47.7. The summed E-state index contributed by atoms with van der Waals surface area (Å²) in [6.07, 6.45) is -5.10. The predicted molar refractivity (Wildman–Crippen MR) is 76.0 cm³/mol. The van der Waals surface area contributed by atoms with Gasteiger partial charge in [0.05, 0.1) is 25.3 Å². The van der Waals surface area contributed by atoms with Crippen molar-refractivity contribution in [2.45, 2.75) is 25.1 Å². The van der Waals surface area contributed by atoms with Gasteiger partial charge >= 0.3 is 18.1 Å². The lowest BCUT2D eigenvalue weighted by molar-refractivity contribution is -0.144. The van der Waals surface area contributed by atoms with E-state index in [4.69, 9.17) is 0 Å². The van der Waals surface area contributed by atoms with E-state index in [-0.39, 0.29) is 12.8 Å². The van der Waals surface area contributed by atoms with E-state index in [1.807, 2.05) is 0 Å². The Hall–Kier alpha value is -2.58. The zero-order chi connectivity index (χ0) is 18.3. The quantitative estimate of drug-likeness (QED) is 0.795. The summed E-state index contributed by atoms with van der Waals surface area (Å²) in [6.45, 7) is 0. The van der Waals surface area contributed by atoms with Crippen LogP contribution < -0.4 is 5.32 Å². The number of benzene rings is 1. The van der Waals surface area contributed by atoms with Crippen molar-refractivity contribution in [1.82, 2.24) is 5.32 Å². The summed E-state index contributed by atoms with van der Waals surface area (Å²) >= 11 is 0. The zero-order valence-corrected chi connectivity index (χ0v) is 13.0. The van der Waals surface area contributed by atoms with Crippen molar-refractivity contribution in [2.24, 2.45) is 0 Å². The highest BCUT2D eigenvalue weighted by Crippen LogP contribution is 2.31. The van der Waals surface area contributed by atoms with Crippen LogP contribution in [0.5, 0.6) is 0 Å². The van der Waals surface area contributed by atoms with Crippen molar-refractivity contribution in [2.75, 3.05) is 14.2 Å². The molecule has 1 aromatic carbocycles.